The van der Waals surface area contributed by atoms with Gasteiger partial charge in [0.1, 0.15) is 5.82 Å². The average molecular weight is 381 g/mol. The van der Waals surface area contributed by atoms with Crippen molar-refractivity contribution in [2.45, 2.75) is 32.2 Å². The summed E-state index contributed by atoms with van der Waals surface area (Å²) in [5, 5.41) is 2.99. The molecule has 0 heterocycles. The quantitative estimate of drug-likeness (QED) is 0.627. The Labute approximate surface area is 164 Å². The minimum Gasteiger partial charge on any atom is -0.469 e. The van der Waals surface area contributed by atoms with E-state index in [1.807, 2.05) is 44.2 Å². The molecule has 2 aromatic carbocycles. The number of benzene rings is 2. The predicted molar refractivity (Wildman–Crippen MR) is 106 cm³/mol. The fourth-order valence-corrected chi connectivity index (χ4v) is 3.78. The Bertz CT molecular complexity index is 922. The van der Waals surface area contributed by atoms with Crippen molar-refractivity contribution < 1.29 is 18.7 Å². The maximum atomic E-state index is 14.3. The van der Waals surface area contributed by atoms with Crippen molar-refractivity contribution in [2.75, 3.05) is 7.11 Å². The highest BCUT2D eigenvalue weighted by molar-refractivity contribution is 5.96. The molecule has 4 nitrogen and oxygen atoms in total. The van der Waals surface area contributed by atoms with Crippen LogP contribution in [0.4, 0.5) is 4.39 Å². The van der Waals surface area contributed by atoms with Gasteiger partial charge in [-0.3, -0.25) is 9.59 Å². The van der Waals surface area contributed by atoms with Crippen LogP contribution in [0.5, 0.6) is 0 Å². The molecule has 0 fully saturated rings. The van der Waals surface area contributed by atoms with Crippen molar-refractivity contribution in [1.29, 1.82) is 0 Å². The topological polar surface area (TPSA) is 55.4 Å². The first-order valence-electron chi connectivity index (χ1n) is 9.29. The molecular formula is C23H24FNO3. The molecule has 0 saturated carbocycles. The highest BCUT2D eigenvalue weighted by Gasteiger charge is 2.35. The summed E-state index contributed by atoms with van der Waals surface area (Å²) in [4.78, 5) is 25.0. The summed E-state index contributed by atoms with van der Waals surface area (Å²) in [6.07, 6.45) is 4.23. The monoisotopic (exact) mass is 381 g/mol. The normalized spacial score (nSPS) is 19.3. The number of allylic oxidation sites excluding steroid dienone is 1. The van der Waals surface area contributed by atoms with Crippen LogP contribution in [0.15, 0.2) is 54.6 Å². The van der Waals surface area contributed by atoms with Crippen LogP contribution in [0.2, 0.25) is 0 Å². The van der Waals surface area contributed by atoms with Gasteiger partial charge in [-0.05, 0) is 43.9 Å². The summed E-state index contributed by atoms with van der Waals surface area (Å²) in [7, 11) is 1.30. The summed E-state index contributed by atoms with van der Waals surface area (Å²) >= 11 is 0. The molecule has 0 unspecified atom stereocenters. The molecule has 3 atom stereocenters. The van der Waals surface area contributed by atoms with Crippen molar-refractivity contribution in [3.05, 3.63) is 82.7 Å². The first-order valence-corrected chi connectivity index (χ1v) is 9.29. The van der Waals surface area contributed by atoms with Gasteiger partial charge >= 0.3 is 5.97 Å². The zero-order chi connectivity index (χ0) is 20.3. The van der Waals surface area contributed by atoms with Crippen LogP contribution in [-0.4, -0.2) is 25.0 Å². The van der Waals surface area contributed by atoms with E-state index in [0.29, 0.717) is 17.5 Å². The third-order valence-corrected chi connectivity index (χ3v) is 5.18. The van der Waals surface area contributed by atoms with Crippen molar-refractivity contribution in [3.63, 3.8) is 0 Å². The van der Waals surface area contributed by atoms with Crippen LogP contribution < -0.4 is 5.32 Å². The van der Waals surface area contributed by atoms with E-state index >= 15 is 0 Å². The highest BCUT2D eigenvalue weighted by atomic mass is 19.1. The molecule has 0 saturated heterocycles. The van der Waals surface area contributed by atoms with E-state index in [2.05, 4.69) is 5.32 Å². The number of halogens is 1. The number of methoxy groups -OCH3 is 1. The Hall–Kier alpha value is -2.95. The molecule has 3 rings (SSSR count). The van der Waals surface area contributed by atoms with Crippen molar-refractivity contribution in [3.8, 4) is 0 Å². The Morgan fingerprint density at radius 1 is 1.14 bits per heavy atom. The number of carbonyl (C=O) groups excluding carboxylic acids is 2. The number of hydrogen-bond acceptors (Lipinski definition) is 3. The fourth-order valence-electron chi connectivity index (χ4n) is 3.78. The predicted octanol–water partition coefficient (Wildman–Crippen LogP) is 4.07. The molecule has 0 bridgehead atoms. The molecule has 0 aromatic heterocycles. The first kappa shape index (κ1) is 19.8. The number of esters is 1. The largest absolute Gasteiger partial charge is 0.469 e. The molecule has 1 amide bonds. The van der Waals surface area contributed by atoms with E-state index in [9.17, 15) is 14.0 Å². The number of hydrogen-bond donors (Lipinski definition) is 1. The Kier molecular flexibility index (Phi) is 5.93. The van der Waals surface area contributed by atoms with Crippen molar-refractivity contribution in [2.24, 2.45) is 5.92 Å². The number of ether oxygens (including phenoxy) is 1. The van der Waals surface area contributed by atoms with Crippen LogP contribution in [0.1, 0.15) is 39.4 Å². The number of aryl methyl sites for hydroxylation is 2. The van der Waals surface area contributed by atoms with E-state index in [1.165, 1.54) is 13.2 Å². The number of nitrogens with one attached hydrogen (secondary N) is 1. The molecule has 1 N–H and O–H groups in total. The summed E-state index contributed by atoms with van der Waals surface area (Å²) in [6.45, 7) is 3.88. The smallest absolute Gasteiger partial charge is 0.313 e. The molecule has 146 valence electrons. The van der Waals surface area contributed by atoms with Crippen LogP contribution in [-0.2, 0) is 9.53 Å². The Morgan fingerprint density at radius 3 is 2.57 bits per heavy atom. The summed E-state index contributed by atoms with van der Waals surface area (Å²) in [5.74, 6) is -2.08. The summed E-state index contributed by atoms with van der Waals surface area (Å²) < 4.78 is 19.2. The van der Waals surface area contributed by atoms with Crippen molar-refractivity contribution >= 4 is 11.9 Å². The van der Waals surface area contributed by atoms with Gasteiger partial charge in [0.15, 0.2) is 0 Å². The minimum absolute atomic E-state index is 0.159. The summed E-state index contributed by atoms with van der Waals surface area (Å²) in [5.41, 5.74) is 2.95. The lowest BCUT2D eigenvalue weighted by atomic mass is 9.85. The van der Waals surface area contributed by atoms with Gasteiger partial charge in [-0.2, -0.15) is 0 Å². The lowest BCUT2D eigenvalue weighted by Gasteiger charge is -2.22. The second-order valence-corrected chi connectivity index (χ2v) is 7.21. The van der Waals surface area contributed by atoms with Gasteiger partial charge < -0.3 is 10.1 Å². The maximum Gasteiger partial charge on any atom is 0.313 e. The lowest BCUT2D eigenvalue weighted by molar-refractivity contribution is -0.143. The molecule has 0 radical (unpaired) electrons. The molecule has 28 heavy (non-hydrogen) atoms. The molecular weight excluding hydrogens is 357 g/mol. The zero-order valence-corrected chi connectivity index (χ0v) is 16.2. The second-order valence-electron chi connectivity index (χ2n) is 7.21. The number of amides is 1. The maximum absolute atomic E-state index is 14.3. The van der Waals surface area contributed by atoms with Crippen LogP contribution in [0.25, 0.3) is 0 Å². The molecule has 1 aliphatic carbocycles. The first-order chi connectivity index (χ1) is 13.4. The lowest BCUT2D eigenvalue weighted by Crippen LogP contribution is -2.34. The molecule has 5 heteroatoms. The van der Waals surface area contributed by atoms with E-state index < -0.39 is 17.7 Å². The minimum atomic E-state index is -0.745. The van der Waals surface area contributed by atoms with Gasteiger partial charge in [0, 0.05) is 17.2 Å². The van der Waals surface area contributed by atoms with Crippen molar-refractivity contribution in [1.82, 2.24) is 5.32 Å². The molecule has 0 spiro atoms. The van der Waals surface area contributed by atoms with E-state index in [0.717, 1.165) is 11.1 Å². The number of carbonyl (C=O) groups is 2. The van der Waals surface area contributed by atoms with E-state index in [1.54, 1.807) is 18.2 Å². The van der Waals surface area contributed by atoms with Crippen LogP contribution >= 0.6 is 0 Å². The number of rotatable bonds is 5. The third-order valence-electron chi connectivity index (χ3n) is 5.18. The molecule has 2 aromatic rings. The van der Waals surface area contributed by atoms with Gasteiger partial charge in [0.05, 0.1) is 13.0 Å². The Morgan fingerprint density at radius 2 is 1.89 bits per heavy atom. The average Bonchev–Trinajstić information content (AvgIpc) is 3.11. The summed E-state index contributed by atoms with van der Waals surface area (Å²) in [6, 6.07) is 11.7. The van der Waals surface area contributed by atoms with Gasteiger partial charge in [-0.1, -0.05) is 48.0 Å². The second kappa shape index (κ2) is 8.38. The van der Waals surface area contributed by atoms with Gasteiger partial charge in [0.2, 0.25) is 0 Å². The third kappa shape index (κ3) is 4.14. The molecule has 0 aliphatic heterocycles. The van der Waals surface area contributed by atoms with Crippen LogP contribution in [0.3, 0.4) is 0 Å². The van der Waals surface area contributed by atoms with E-state index in [-0.39, 0.29) is 17.9 Å². The van der Waals surface area contributed by atoms with Gasteiger partial charge in [-0.25, -0.2) is 4.39 Å². The Balaban J connectivity index is 1.74. The standard InChI is InChI=1S/C23H24FNO3/c1-14-8-11-18(15(2)12-14)22(26)25-17-10-9-16(13-17)21(23(27)28-3)19-6-4-5-7-20(19)24/h4-12,16-17,21H,13H2,1-3H3,(H,25,26)/t16-,17+,21+/m1/s1. The van der Waals surface area contributed by atoms with Crippen LogP contribution in [0, 0.1) is 25.6 Å². The van der Waals surface area contributed by atoms with Gasteiger partial charge in [-0.15, -0.1) is 0 Å². The molecule has 1 aliphatic rings. The highest BCUT2D eigenvalue weighted by Crippen LogP contribution is 2.35. The van der Waals surface area contributed by atoms with E-state index in [4.69, 9.17) is 4.74 Å². The SMILES string of the molecule is COC(=O)[C@H](c1ccccc1F)[C@@H]1C=C[C@H](NC(=O)c2ccc(C)cc2C)C1. The van der Waals surface area contributed by atoms with Gasteiger partial charge in [0.25, 0.3) is 5.91 Å². The fraction of sp³-hybridized carbons (Fsp3) is 0.304. The zero-order valence-electron chi connectivity index (χ0n) is 16.2.